The molecule has 1 aliphatic rings. The molecule has 6 heteroatoms. The van der Waals surface area contributed by atoms with Crippen molar-refractivity contribution in [2.75, 3.05) is 5.32 Å². The summed E-state index contributed by atoms with van der Waals surface area (Å²) in [6, 6.07) is 3.20. The van der Waals surface area contributed by atoms with Crippen molar-refractivity contribution in [3.05, 3.63) is 34.0 Å². The average molecular weight is 303 g/mol. The van der Waals surface area contributed by atoms with Crippen molar-refractivity contribution in [1.82, 2.24) is 9.97 Å². The minimum Gasteiger partial charge on any atom is -0.478 e. The molecule has 2 heterocycles. The summed E-state index contributed by atoms with van der Waals surface area (Å²) >= 11 is 1.64. The van der Waals surface area contributed by atoms with Gasteiger partial charge in [-0.15, -0.1) is 11.3 Å². The normalized spacial score (nSPS) is 13.2. The van der Waals surface area contributed by atoms with E-state index < -0.39 is 5.97 Å². The topological polar surface area (TPSA) is 75.1 Å². The number of rotatable bonds is 5. The number of anilines is 2. The maximum absolute atomic E-state index is 11.2. The highest BCUT2D eigenvalue weighted by molar-refractivity contribution is 7.15. The molecule has 110 valence electrons. The summed E-state index contributed by atoms with van der Waals surface area (Å²) in [7, 11) is 0. The quantitative estimate of drug-likeness (QED) is 0.885. The lowest BCUT2D eigenvalue weighted by Gasteiger charge is -2.07. The number of nitrogens with one attached hydrogen (secondary N) is 1. The molecule has 0 atom stereocenters. The molecule has 0 spiro atoms. The number of carboxylic acid groups (broad SMARTS) is 1. The van der Waals surface area contributed by atoms with Gasteiger partial charge in [0.15, 0.2) is 5.13 Å². The lowest BCUT2D eigenvalue weighted by atomic mass is 10.1. The van der Waals surface area contributed by atoms with Crippen LogP contribution in [0.15, 0.2) is 12.1 Å². The molecule has 2 aromatic heterocycles. The molecule has 1 aliphatic carbocycles. The van der Waals surface area contributed by atoms with Crippen molar-refractivity contribution in [2.45, 2.75) is 39.0 Å². The van der Waals surface area contributed by atoms with Gasteiger partial charge in [0, 0.05) is 10.6 Å². The number of thiazole rings is 1. The van der Waals surface area contributed by atoms with Gasteiger partial charge in [0.05, 0.1) is 11.3 Å². The predicted molar refractivity (Wildman–Crippen MR) is 82.6 cm³/mol. The summed E-state index contributed by atoms with van der Waals surface area (Å²) in [6.07, 6.45) is 5.02. The van der Waals surface area contributed by atoms with Crippen molar-refractivity contribution in [1.29, 1.82) is 0 Å². The van der Waals surface area contributed by atoms with Crippen LogP contribution in [0.5, 0.6) is 0 Å². The summed E-state index contributed by atoms with van der Waals surface area (Å²) in [5.74, 6) is -0.370. The molecule has 0 amide bonds. The van der Waals surface area contributed by atoms with Gasteiger partial charge >= 0.3 is 5.97 Å². The molecule has 0 saturated carbocycles. The monoisotopic (exact) mass is 303 g/mol. The van der Waals surface area contributed by atoms with Crippen LogP contribution in [0.2, 0.25) is 0 Å². The summed E-state index contributed by atoms with van der Waals surface area (Å²) in [4.78, 5) is 21.6. The van der Waals surface area contributed by atoms with Gasteiger partial charge in [-0.2, -0.15) is 0 Å². The van der Waals surface area contributed by atoms with Crippen molar-refractivity contribution < 1.29 is 9.90 Å². The van der Waals surface area contributed by atoms with Crippen LogP contribution >= 0.6 is 11.3 Å². The van der Waals surface area contributed by atoms with Gasteiger partial charge in [-0.05, 0) is 37.8 Å². The highest BCUT2D eigenvalue weighted by Crippen LogP contribution is 2.31. The number of fused-ring (bicyclic) bond motifs is 1. The highest BCUT2D eigenvalue weighted by Gasteiger charge is 2.17. The number of aryl methyl sites for hydroxylation is 3. The first-order valence-corrected chi connectivity index (χ1v) is 7.97. The first-order valence-electron chi connectivity index (χ1n) is 7.15. The Morgan fingerprint density at radius 1 is 1.38 bits per heavy atom. The molecule has 21 heavy (non-hydrogen) atoms. The highest BCUT2D eigenvalue weighted by atomic mass is 32.1. The van der Waals surface area contributed by atoms with Gasteiger partial charge in [-0.1, -0.05) is 13.3 Å². The lowest BCUT2D eigenvalue weighted by molar-refractivity contribution is 0.0696. The zero-order valence-corrected chi connectivity index (χ0v) is 12.7. The van der Waals surface area contributed by atoms with Crippen LogP contribution in [0.1, 0.15) is 46.4 Å². The van der Waals surface area contributed by atoms with E-state index >= 15 is 0 Å². The fraction of sp³-hybridized carbons (Fsp3) is 0.400. The Balaban J connectivity index is 1.87. The van der Waals surface area contributed by atoms with Crippen LogP contribution in [-0.4, -0.2) is 21.0 Å². The molecular formula is C15H17N3O2S. The molecule has 0 radical (unpaired) electrons. The van der Waals surface area contributed by atoms with E-state index in [2.05, 4.69) is 15.3 Å². The molecular weight excluding hydrogens is 286 g/mol. The van der Waals surface area contributed by atoms with Crippen molar-refractivity contribution in [3.63, 3.8) is 0 Å². The van der Waals surface area contributed by atoms with Crippen LogP contribution in [0.4, 0.5) is 10.9 Å². The number of carboxylic acids is 1. The molecule has 0 saturated heterocycles. The predicted octanol–water partition coefficient (Wildman–Crippen LogP) is 3.42. The largest absolute Gasteiger partial charge is 0.478 e. The number of hydrogen-bond donors (Lipinski definition) is 2. The Hall–Kier alpha value is -1.95. The first kappa shape index (κ1) is 14.0. The van der Waals surface area contributed by atoms with E-state index in [9.17, 15) is 9.90 Å². The number of aromatic nitrogens is 2. The summed E-state index contributed by atoms with van der Waals surface area (Å²) in [6.45, 7) is 2.05. The fourth-order valence-electron chi connectivity index (χ4n) is 2.51. The standard InChI is InChI=1S/C15H17N3O2S/c1-2-4-10-7-9(14(19)20)8-13(16-10)18-15-17-11-5-3-6-12(11)21-15/h7-8H,2-6H2,1H3,(H,19,20)(H,16,17,18). The van der Waals surface area contributed by atoms with E-state index in [0.717, 1.165) is 36.5 Å². The minimum absolute atomic E-state index is 0.264. The molecule has 0 bridgehead atoms. The molecule has 0 aromatic carbocycles. The third kappa shape index (κ3) is 3.05. The zero-order chi connectivity index (χ0) is 14.8. The fourth-order valence-corrected chi connectivity index (χ4v) is 3.57. The van der Waals surface area contributed by atoms with Crippen LogP contribution in [-0.2, 0) is 19.3 Å². The summed E-state index contributed by atoms with van der Waals surface area (Å²) in [5.41, 5.74) is 2.23. The average Bonchev–Trinajstić information content (AvgIpc) is 2.99. The van der Waals surface area contributed by atoms with Gasteiger partial charge < -0.3 is 10.4 Å². The molecule has 2 N–H and O–H groups in total. The number of hydrogen-bond acceptors (Lipinski definition) is 5. The van der Waals surface area contributed by atoms with E-state index in [1.54, 1.807) is 23.5 Å². The number of aromatic carboxylic acids is 1. The van der Waals surface area contributed by atoms with Crippen LogP contribution < -0.4 is 5.32 Å². The second-order valence-corrected chi connectivity index (χ2v) is 6.24. The molecule has 2 aromatic rings. The second-order valence-electron chi connectivity index (χ2n) is 5.15. The van der Waals surface area contributed by atoms with E-state index in [-0.39, 0.29) is 5.56 Å². The van der Waals surface area contributed by atoms with E-state index in [1.165, 1.54) is 17.0 Å². The van der Waals surface area contributed by atoms with Gasteiger partial charge in [-0.25, -0.2) is 14.8 Å². The molecule has 3 rings (SSSR count). The first-order chi connectivity index (χ1) is 10.2. The Kier molecular flexibility index (Phi) is 3.88. The van der Waals surface area contributed by atoms with Crippen molar-refractivity contribution >= 4 is 28.3 Å². The third-order valence-corrected chi connectivity index (χ3v) is 4.54. The summed E-state index contributed by atoms with van der Waals surface area (Å²) in [5, 5.41) is 13.2. The van der Waals surface area contributed by atoms with Crippen molar-refractivity contribution in [2.24, 2.45) is 0 Å². The van der Waals surface area contributed by atoms with Crippen LogP contribution in [0.3, 0.4) is 0 Å². The Labute approximate surface area is 127 Å². The Bertz CT molecular complexity index is 660. The molecule has 0 fully saturated rings. The minimum atomic E-state index is -0.931. The van der Waals surface area contributed by atoms with Crippen LogP contribution in [0, 0.1) is 0 Å². The van der Waals surface area contributed by atoms with E-state index in [0.29, 0.717) is 5.82 Å². The van der Waals surface area contributed by atoms with Gasteiger partial charge in [0.25, 0.3) is 0 Å². The van der Waals surface area contributed by atoms with E-state index in [1.807, 2.05) is 6.92 Å². The maximum atomic E-state index is 11.2. The molecule has 5 nitrogen and oxygen atoms in total. The Morgan fingerprint density at radius 3 is 2.95 bits per heavy atom. The van der Waals surface area contributed by atoms with E-state index in [4.69, 9.17) is 0 Å². The number of nitrogens with zero attached hydrogens (tertiary/aromatic N) is 2. The van der Waals surface area contributed by atoms with Crippen molar-refractivity contribution in [3.8, 4) is 0 Å². The maximum Gasteiger partial charge on any atom is 0.335 e. The second kappa shape index (κ2) is 5.81. The SMILES string of the molecule is CCCc1cc(C(=O)O)cc(Nc2nc3c(s2)CCC3)n1. The van der Waals surface area contributed by atoms with Gasteiger partial charge in [-0.3, -0.25) is 0 Å². The smallest absolute Gasteiger partial charge is 0.335 e. The summed E-state index contributed by atoms with van der Waals surface area (Å²) < 4.78 is 0. The lowest BCUT2D eigenvalue weighted by Crippen LogP contribution is -2.03. The van der Waals surface area contributed by atoms with Gasteiger partial charge in [0.2, 0.25) is 0 Å². The number of carbonyl (C=O) groups is 1. The third-order valence-electron chi connectivity index (χ3n) is 3.46. The van der Waals surface area contributed by atoms with Gasteiger partial charge in [0.1, 0.15) is 5.82 Å². The zero-order valence-electron chi connectivity index (χ0n) is 11.8. The molecule has 0 unspecified atom stereocenters. The molecule has 0 aliphatic heterocycles. The number of pyridine rings is 1. The Morgan fingerprint density at radius 2 is 2.24 bits per heavy atom. The van der Waals surface area contributed by atoms with Crippen LogP contribution in [0.25, 0.3) is 0 Å².